The molecule has 0 fully saturated rings. The number of nitrogens with one attached hydrogen (secondary N) is 1. The zero-order valence-corrected chi connectivity index (χ0v) is 12.5. The van der Waals surface area contributed by atoms with Crippen LogP contribution in [0, 0.1) is 5.82 Å². The highest BCUT2D eigenvalue weighted by Gasteiger charge is 2.17. The Morgan fingerprint density at radius 3 is 2.45 bits per heavy atom. The summed E-state index contributed by atoms with van der Waals surface area (Å²) in [5.74, 6) is -0.257. The lowest BCUT2D eigenvalue weighted by Crippen LogP contribution is -2.30. The van der Waals surface area contributed by atoms with E-state index in [0.29, 0.717) is 18.0 Å². The van der Waals surface area contributed by atoms with E-state index in [2.05, 4.69) is 5.32 Å². The Balaban J connectivity index is 2.04. The van der Waals surface area contributed by atoms with Crippen molar-refractivity contribution in [3.8, 4) is 11.5 Å². The SMILES string of the molecule is CCOc1ccccc1NC(=O)C(C)Oc1ccccc1F. The molecule has 0 saturated heterocycles. The molecule has 116 valence electrons. The van der Waals surface area contributed by atoms with Gasteiger partial charge in [0.25, 0.3) is 5.91 Å². The van der Waals surface area contributed by atoms with Gasteiger partial charge < -0.3 is 14.8 Å². The molecule has 2 aromatic rings. The third-order valence-electron chi connectivity index (χ3n) is 2.95. The van der Waals surface area contributed by atoms with E-state index < -0.39 is 11.9 Å². The summed E-state index contributed by atoms with van der Waals surface area (Å²) < 4.78 is 24.3. The fourth-order valence-electron chi connectivity index (χ4n) is 1.87. The van der Waals surface area contributed by atoms with Crippen molar-refractivity contribution in [2.24, 2.45) is 0 Å². The fraction of sp³-hybridized carbons (Fsp3) is 0.235. The average molecular weight is 303 g/mol. The molecule has 0 saturated carbocycles. The molecular weight excluding hydrogens is 285 g/mol. The second kappa shape index (κ2) is 7.45. The molecule has 5 heteroatoms. The number of carbonyl (C=O) groups is 1. The summed E-state index contributed by atoms with van der Waals surface area (Å²) in [6.45, 7) is 3.92. The standard InChI is InChI=1S/C17H18FNO3/c1-3-21-16-11-7-5-9-14(16)19-17(20)12(2)22-15-10-6-4-8-13(15)18/h4-12H,3H2,1-2H3,(H,19,20). The second-order valence-electron chi connectivity index (χ2n) is 4.61. The highest BCUT2D eigenvalue weighted by Crippen LogP contribution is 2.24. The monoisotopic (exact) mass is 303 g/mol. The summed E-state index contributed by atoms with van der Waals surface area (Å²) in [6.07, 6.45) is -0.841. The van der Waals surface area contributed by atoms with E-state index >= 15 is 0 Å². The Kier molecular flexibility index (Phi) is 5.36. The molecule has 0 aromatic heterocycles. The Morgan fingerprint density at radius 1 is 1.14 bits per heavy atom. The van der Waals surface area contributed by atoms with Gasteiger partial charge in [-0.15, -0.1) is 0 Å². The van der Waals surface area contributed by atoms with Crippen LogP contribution in [0.4, 0.5) is 10.1 Å². The van der Waals surface area contributed by atoms with Gasteiger partial charge in [0, 0.05) is 0 Å². The summed E-state index contributed by atoms with van der Waals surface area (Å²) >= 11 is 0. The Bertz CT molecular complexity index is 645. The zero-order valence-electron chi connectivity index (χ0n) is 12.5. The van der Waals surface area contributed by atoms with E-state index in [1.807, 2.05) is 13.0 Å². The van der Waals surface area contributed by atoms with Crippen LogP contribution >= 0.6 is 0 Å². The summed E-state index contributed by atoms with van der Waals surface area (Å²) in [4.78, 5) is 12.2. The predicted octanol–water partition coefficient (Wildman–Crippen LogP) is 3.63. The highest BCUT2D eigenvalue weighted by atomic mass is 19.1. The van der Waals surface area contributed by atoms with Gasteiger partial charge in [-0.25, -0.2) is 4.39 Å². The number of anilines is 1. The van der Waals surface area contributed by atoms with Crippen molar-refractivity contribution in [2.45, 2.75) is 20.0 Å². The Morgan fingerprint density at radius 2 is 1.77 bits per heavy atom. The minimum Gasteiger partial charge on any atom is -0.492 e. The van der Waals surface area contributed by atoms with Crippen molar-refractivity contribution < 1.29 is 18.7 Å². The van der Waals surface area contributed by atoms with Crippen molar-refractivity contribution in [3.63, 3.8) is 0 Å². The van der Waals surface area contributed by atoms with E-state index in [1.54, 1.807) is 37.3 Å². The van der Waals surface area contributed by atoms with Gasteiger partial charge in [0.15, 0.2) is 17.7 Å². The van der Waals surface area contributed by atoms with Crippen LogP contribution in [0.1, 0.15) is 13.8 Å². The van der Waals surface area contributed by atoms with E-state index in [1.165, 1.54) is 12.1 Å². The number of rotatable bonds is 6. The van der Waals surface area contributed by atoms with Gasteiger partial charge >= 0.3 is 0 Å². The van der Waals surface area contributed by atoms with E-state index in [0.717, 1.165) is 0 Å². The lowest BCUT2D eigenvalue weighted by Gasteiger charge is -2.16. The van der Waals surface area contributed by atoms with Gasteiger partial charge in [-0.2, -0.15) is 0 Å². The van der Waals surface area contributed by atoms with Gasteiger partial charge in [0.1, 0.15) is 5.75 Å². The molecule has 1 N–H and O–H groups in total. The normalized spacial score (nSPS) is 11.6. The molecule has 2 rings (SSSR count). The maximum Gasteiger partial charge on any atom is 0.265 e. The van der Waals surface area contributed by atoms with Crippen LogP contribution in [0.2, 0.25) is 0 Å². The minimum atomic E-state index is -0.841. The molecule has 0 aliphatic rings. The molecule has 0 aliphatic carbocycles. The number of hydrogen-bond acceptors (Lipinski definition) is 3. The van der Waals surface area contributed by atoms with Crippen LogP contribution in [0.3, 0.4) is 0 Å². The van der Waals surface area contributed by atoms with E-state index in [-0.39, 0.29) is 11.7 Å². The Labute approximate surface area is 128 Å². The molecule has 1 unspecified atom stereocenters. The molecule has 0 radical (unpaired) electrons. The lowest BCUT2D eigenvalue weighted by atomic mass is 10.2. The van der Waals surface area contributed by atoms with Crippen molar-refractivity contribution in [2.75, 3.05) is 11.9 Å². The maximum atomic E-state index is 13.5. The summed E-state index contributed by atoms with van der Waals surface area (Å²) in [6, 6.07) is 13.1. The predicted molar refractivity (Wildman–Crippen MR) is 82.7 cm³/mol. The van der Waals surface area contributed by atoms with Gasteiger partial charge in [-0.1, -0.05) is 24.3 Å². The topological polar surface area (TPSA) is 47.6 Å². The number of halogens is 1. The molecular formula is C17H18FNO3. The molecule has 1 amide bonds. The fourth-order valence-corrected chi connectivity index (χ4v) is 1.87. The first-order valence-corrected chi connectivity index (χ1v) is 7.05. The molecule has 0 heterocycles. The lowest BCUT2D eigenvalue weighted by molar-refractivity contribution is -0.122. The molecule has 4 nitrogen and oxygen atoms in total. The third-order valence-corrected chi connectivity index (χ3v) is 2.95. The van der Waals surface area contributed by atoms with Crippen LogP contribution in [-0.4, -0.2) is 18.6 Å². The average Bonchev–Trinajstić information content (AvgIpc) is 2.51. The van der Waals surface area contributed by atoms with E-state index in [4.69, 9.17) is 9.47 Å². The van der Waals surface area contributed by atoms with Gasteiger partial charge in [0.05, 0.1) is 12.3 Å². The number of ether oxygens (including phenoxy) is 2. The van der Waals surface area contributed by atoms with Crippen LogP contribution in [0.25, 0.3) is 0 Å². The van der Waals surface area contributed by atoms with Gasteiger partial charge in [-0.05, 0) is 38.1 Å². The zero-order chi connectivity index (χ0) is 15.9. The summed E-state index contributed by atoms with van der Waals surface area (Å²) in [5, 5.41) is 2.72. The van der Waals surface area contributed by atoms with Crippen molar-refractivity contribution in [1.82, 2.24) is 0 Å². The minimum absolute atomic E-state index is 0.0447. The highest BCUT2D eigenvalue weighted by molar-refractivity contribution is 5.95. The van der Waals surface area contributed by atoms with Crippen molar-refractivity contribution >= 4 is 11.6 Å². The first-order chi connectivity index (χ1) is 10.6. The number of carbonyl (C=O) groups excluding carboxylic acids is 1. The van der Waals surface area contributed by atoms with Crippen molar-refractivity contribution in [1.29, 1.82) is 0 Å². The molecule has 0 bridgehead atoms. The van der Waals surface area contributed by atoms with Gasteiger partial charge in [-0.3, -0.25) is 4.79 Å². The van der Waals surface area contributed by atoms with Crippen LogP contribution in [0.5, 0.6) is 11.5 Å². The van der Waals surface area contributed by atoms with Crippen LogP contribution in [-0.2, 0) is 4.79 Å². The van der Waals surface area contributed by atoms with Gasteiger partial charge in [0.2, 0.25) is 0 Å². The first-order valence-electron chi connectivity index (χ1n) is 7.05. The third kappa shape index (κ3) is 3.97. The second-order valence-corrected chi connectivity index (χ2v) is 4.61. The summed E-state index contributed by atoms with van der Waals surface area (Å²) in [7, 11) is 0. The Hall–Kier alpha value is -2.56. The largest absolute Gasteiger partial charge is 0.492 e. The molecule has 0 aliphatic heterocycles. The van der Waals surface area contributed by atoms with Crippen molar-refractivity contribution in [3.05, 3.63) is 54.3 Å². The number of benzene rings is 2. The summed E-state index contributed by atoms with van der Waals surface area (Å²) in [5.41, 5.74) is 0.554. The maximum absolute atomic E-state index is 13.5. The molecule has 22 heavy (non-hydrogen) atoms. The quantitative estimate of drug-likeness (QED) is 0.886. The molecule has 0 spiro atoms. The number of hydrogen-bond donors (Lipinski definition) is 1. The molecule has 2 aromatic carbocycles. The first kappa shape index (κ1) is 15.8. The van der Waals surface area contributed by atoms with Crippen LogP contribution in [0.15, 0.2) is 48.5 Å². The van der Waals surface area contributed by atoms with E-state index in [9.17, 15) is 9.18 Å². The van der Waals surface area contributed by atoms with Crippen LogP contribution < -0.4 is 14.8 Å². The molecule has 1 atom stereocenters. The number of amides is 1. The smallest absolute Gasteiger partial charge is 0.265 e. The number of para-hydroxylation sites is 3.